The van der Waals surface area contributed by atoms with Crippen molar-refractivity contribution in [2.75, 3.05) is 19.1 Å². The molecule has 128 valence electrons. The molecule has 0 bridgehead atoms. The van der Waals surface area contributed by atoms with Gasteiger partial charge in [0.05, 0.1) is 18.7 Å². The molecule has 2 rings (SSSR count). The monoisotopic (exact) mass is 340 g/mol. The molecule has 0 aliphatic carbocycles. The molecule has 2 aliphatic heterocycles. The summed E-state index contributed by atoms with van der Waals surface area (Å²) in [5, 5.41) is 9.39. The zero-order valence-corrected chi connectivity index (χ0v) is 14.6. The predicted molar refractivity (Wildman–Crippen MR) is 92.3 cm³/mol. The first-order valence-corrected chi connectivity index (χ1v) is 9.13. The number of nitrogens with zero attached hydrogens (tertiary/aromatic N) is 4. The third kappa shape index (κ3) is 4.93. The fourth-order valence-electron chi connectivity index (χ4n) is 2.37. The summed E-state index contributed by atoms with van der Waals surface area (Å²) < 4.78 is 4.21. The van der Waals surface area contributed by atoms with Crippen molar-refractivity contribution in [1.29, 1.82) is 0 Å². The highest BCUT2D eigenvalue weighted by Crippen LogP contribution is 2.13. The number of carbonyl (C=O) groups excluding carboxylic acids is 2. The van der Waals surface area contributed by atoms with Gasteiger partial charge in [-0.2, -0.15) is 5.10 Å². The van der Waals surface area contributed by atoms with Gasteiger partial charge in [0.15, 0.2) is 0 Å². The second-order valence-corrected chi connectivity index (χ2v) is 7.50. The first kappa shape index (κ1) is 17.7. The van der Waals surface area contributed by atoms with Gasteiger partial charge in [0.1, 0.15) is 5.25 Å². The van der Waals surface area contributed by atoms with Crippen molar-refractivity contribution in [3.63, 3.8) is 0 Å². The highest BCUT2D eigenvalue weighted by molar-refractivity contribution is 7.89. The van der Waals surface area contributed by atoms with Crippen LogP contribution in [-0.4, -0.2) is 59.1 Å². The van der Waals surface area contributed by atoms with Crippen molar-refractivity contribution in [2.24, 2.45) is 14.6 Å². The Hall–Kier alpha value is -1.61. The smallest absolute Gasteiger partial charge is 0.235 e. The van der Waals surface area contributed by atoms with E-state index in [0.29, 0.717) is 12.5 Å². The van der Waals surface area contributed by atoms with Gasteiger partial charge in [0.2, 0.25) is 11.8 Å². The molecule has 0 aromatic carbocycles. The van der Waals surface area contributed by atoms with Crippen LogP contribution >= 0.6 is 0 Å². The number of hydrogen-bond acceptors (Lipinski definition) is 5. The van der Waals surface area contributed by atoms with Gasteiger partial charge in [-0.15, -0.1) is 4.47 Å². The Labute approximate surface area is 138 Å². The van der Waals surface area contributed by atoms with Gasteiger partial charge in [-0.1, -0.05) is 6.92 Å². The first-order chi connectivity index (χ1) is 11.0. The molecule has 0 spiro atoms. The molecule has 0 aromatic rings. The zero-order valence-electron chi connectivity index (χ0n) is 13.8. The SMILES string of the molecule is CCC(NC(=O)CC1C(=O)NC/S1=N\N=C(C)C)N1CC=NC1. The molecule has 1 fully saturated rings. The van der Waals surface area contributed by atoms with Gasteiger partial charge >= 0.3 is 0 Å². The van der Waals surface area contributed by atoms with Crippen LogP contribution in [0.25, 0.3) is 0 Å². The van der Waals surface area contributed by atoms with Gasteiger partial charge in [-0.25, -0.2) is 0 Å². The van der Waals surface area contributed by atoms with Crippen LogP contribution in [-0.2, 0) is 20.3 Å². The lowest BCUT2D eigenvalue weighted by Gasteiger charge is -2.26. The molecule has 2 heterocycles. The summed E-state index contributed by atoms with van der Waals surface area (Å²) >= 11 is 0. The molecule has 3 atom stereocenters. The zero-order chi connectivity index (χ0) is 16.8. The number of aliphatic imine (C=N–C) groups is 1. The van der Waals surface area contributed by atoms with Crippen LogP contribution in [0.3, 0.4) is 0 Å². The normalized spacial score (nSPS) is 25.4. The summed E-state index contributed by atoms with van der Waals surface area (Å²) in [4.78, 5) is 30.5. The van der Waals surface area contributed by atoms with E-state index in [9.17, 15) is 9.59 Å². The first-order valence-electron chi connectivity index (χ1n) is 7.72. The van der Waals surface area contributed by atoms with Gasteiger partial charge in [0, 0.05) is 24.9 Å². The molecule has 8 nitrogen and oxygen atoms in total. The second kappa shape index (κ2) is 8.30. The van der Waals surface area contributed by atoms with E-state index < -0.39 is 15.9 Å². The fourth-order valence-corrected chi connectivity index (χ4v) is 3.97. The Balaban J connectivity index is 1.95. The Morgan fingerprint density at radius 3 is 3.00 bits per heavy atom. The minimum absolute atomic E-state index is 0.0518. The topological polar surface area (TPSA) is 98.5 Å². The standard InChI is InChI=1S/C14H24N6O2S/c1-4-12(20-6-5-15-8-20)17-13(21)7-11-14(22)16-9-23(11)19-18-10(2)3/h5,11-12H,4,6-9H2,1-3H3,(H,16,22)(H,17,21). The largest absolute Gasteiger partial charge is 0.345 e. The fraction of sp³-hybridized carbons (Fsp3) is 0.714. The molecule has 2 N–H and O–H groups in total. The van der Waals surface area contributed by atoms with Crippen molar-refractivity contribution in [1.82, 2.24) is 15.5 Å². The molecule has 1 saturated heterocycles. The number of nitrogens with one attached hydrogen (secondary N) is 2. The van der Waals surface area contributed by atoms with Crippen LogP contribution in [0.5, 0.6) is 0 Å². The van der Waals surface area contributed by atoms with Crippen molar-refractivity contribution in [3.05, 3.63) is 0 Å². The minimum atomic E-state index is -0.577. The van der Waals surface area contributed by atoms with Crippen LogP contribution in [0.4, 0.5) is 0 Å². The highest BCUT2D eigenvalue weighted by Gasteiger charge is 2.33. The van der Waals surface area contributed by atoms with E-state index >= 15 is 0 Å². The minimum Gasteiger partial charge on any atom is -0.345 e. The Morgan fingerprint density at radius 2 is 2.39 bits per heavy atom. The maximum Gasteiger partial charge on any atom is 0.235 e. The van der Waals surface area contributed by atoms with E-state index in [-0.39, 0.29) is 24.4 Å². The highest BCUT2D eigenvalue weighted by atomic mass is 32.2. The average molecular weight is 340 g/mol. The van der Waals surface area contributed by atoms with Crippen molar-refractivity contribution < 1.29 is 9.59 Å². The lowest BCUT2D eigenvalue weighted by molar-refractivity contribution is -0.126. The molecular weight excluding hydrogens is 316 g/mol. The van der Waals surface area contributed by atoms with Gasteiger partial charge in [-0.05, 0) is 31.0 Å². The van der Waals surface area contributed by atoms with E-state index in [1.54, 1.807) is 0 Å². The Kier molecular flexibility index (Phi) is 6.40. The molecule has 2 aliphatic rings. The number of amides is 2. The summed E-state index contributed by atoms with van der Waals surface area (Å²) in [5.41, 5.74) is 0.833. The second-order valence-electron chi connectivity index (χ2n) is 5.68. The lowest BCUT2D eigenvalue weighted by Crippen LogP contribution is -2.48. The number of hydrogen-bond donors (Lipinski definition) is 2. The van der Waals surface area contributed by atoms with Crippen LogP contribution < -0.4 is 10.6 Å². The molecule has 2 amide bonds. The molecule has 23 heavy (non-hydrogen) atoms. The molecule has 3 unspecified atom stereocenters. The summed E-state index contributed by atoms with van der Waals surface area (Å²) in [6.45, 7) is 7.07. The molecular formula is C14H24N6O2S. The van der Waals surface area contributed by atoms with E-state index in [1.807, 2.05) is 27.0 Å². The quantitative estimate of drug-likeness (QED) is 0.535. The van der Waals surface area contributed by atoms with Crippen LogP contribution in [0.1, 0.15) is 33.6 Å². The van der Waals surface area contributed by atoms with E-state index in [2.05, 4.69) is 30.1 Å². The maximum absolute atomic E-state index is 12.3. The summed E-state index contributed by atoms with van der Waals surface area (Å²) in [5.74, 6) is 0.217. The van der Waals surface area contributed by atoms with E-state index in [1.165, 1.54) is 0 Å². The summed E-state index contributed by atoms with van der Waals surface area (Å²) in [7, 11) is -0.577. The third-order valence-electron chi connectivity index (χ3n) is 3.60. The summed E-state index contributed by atoms with van der Waals surface area (Å²) in [6, 6.07) is 0. The van der Waals surface area contributed by atoms with Crippen LogP contribution in [0.2, 0.25) is 0 Å². The van der Waals surface area contributed by atoms with E-state index in [0.717, 1.165) is 18.7 Å². The molecule has 0 radical (unpaired) electrons. The van der Waals surface area contributed by atoms with Gasteiger partial charge in [0.25, 0.3) is 0 Å². The number of carbonyl (C=O) groups is 2. The Bertz CT molecular complexity index is 547. The lowest BCUT2D eigenvalue weighted by atomic mass is 10.2. The average Bonchev–Trinajstić information content (AvgIpc) is 3.14. The van der Waals surface area contributed by atoms with Crippen molar-refractivity contribution in [2.45, 2.75) is 45.0 Å². The molecule has 0 saturated carbocycles. The predicted octanol–water partition coefficient (Wildman–Crippen LogP) is 0.226. The Morgan fingerprint density at radius 1 is 1.61 bits per heavy atom. The van der Waals surface area contributed by atoms with Crippen LogP contribution in [0, 0.1) is 0 Å². The number of rotatable bonds is 6. The van der Waals surface area contributed by atoms with Gasteiger partial charge in [-0.3, -0.25) is 19.5 Å². The third-order valence-corrected chi connectivity index (χ3v) is 5.36. The molecule has 9 heteroatoms. The van der Waals surface area contributed by atoms with E-state index in [4.69, 9.17) is 0 Å². The molecule has 0 aromatic heterocycles. The maximum atomic E-state index is 12.3. The van der Waals surface area contributed by atoms with Crippen molar-refractivity contribution >= 4 is 34.4 Å². The van der Waals surface area contributed by atoms with Gasteiger partial charge < -0.3 is 10.6 Å². The van der Waals surface area contributed by atoms with Crippen molar-refractivity contribution in [3.8, 4) is 0 Å². The van der Waals surface area contributed by atoms with Crippen LogP contribution in [0.15, 0.2) is 14.6 Å². The summed E-state index contributed by atoms with van der Waals surface area (Å²) in [6.07, 6.45) is 2.73.